The summed E-state index contributed by atoms with van der Waals surface area (Å²) in [6, 6.07) is 0. The predicted molar refractivity (Wildman–Crippen MR) is 32.0 cm³/mol. The number of hydrogen-bond acceptors (Lipinski definition) is 2. The van der Waals surface area contributed by atoms with E-state index in [9.17, 15) is 35.7 Å². The number of rotatable bonds is 2. The molecule has 0 heterocycles. The maximum Gasteiger partial charge on any atom is 0.426 e. The SMILES string of the molecule is CC(F)(C(C(=O)OF)=C(F)F)C(F)(F)F. The van der Waals surface area contributed by atoms with E-state index in [4.69, 9.17) is 0 Å². The summed E-state index contributed by atoms with van der Waals surface area (Å²) in [6.45, 7) is -0.349. The molecule has 0 aliphatic carbocycles. The van der Waals surface area contributed by atoms with E-state index in [1.54, 1.807) is 0 Å². The minimum atomic E-state index is -5.79. The molecule has 0 amide bonds. The number of carbonyl (C=O) groups is 1. The summed E-state index contributed by atoms with van der Waals surface area (Å²) >= 11 is 0. The largest absolute Gasteiger partial charge is 0.426 e. The van der Waals surface area contributed by atoms with Crippen LogP contribution in [0.25, 0.3) is 0 Å². The minimum absolute atomic E-state index is 0.349. The predicted octanol–water partition coefficient (Wildman–Crippen LogP) is 2.86. The highest BCUT2D eigenvalue weighted by atomic mass is 19.4. The van der Waals surface area contributed by atoms with Gasteiger partial charge in [0.2, 0.25) is 5.67 Å². The van der Waals surface area contributed by atoms with Gasteiger partial charge in [0.1, 0.15) is 0 Å². The van der Waals surface area contributed by atoms with E-state index >= 15 is 0 Å². The molecule has 0 bridgehead atoms. The summed E-state index contributed by atoms with van der Waals surface area (Å²) in [4.78, 5) is 12.3. The van der Waals surface area contributed by atoms with Gasteiger partial charge in [-0.15, -0.1) is 0 Å². The highest BCUT2D eigenvalue weighted by molar-refractivity contribution is 5.90. The lowest BCUT2D eigenvalue weighted by Crippen LogP contribution is -2.42. The number of hydrogen-bond donors (Lipinski definition) is 0. The molecule has 0 saturated heterocycles. The summed E-state index contributed by atoms with van der Waals surface area (Å²) in [6.07, 6.45) is -9.10. The Labute approximate surface area is 78.2 Å². The van der Waals surface area contributed by atoms with Crippen molar-refractivity contribution in [3.05, 3.63) is 11.7 Å². The zero-order valence-corrected chi connectivity index (χ0v) is 6.96. The Morgan fingerprint density at radius 2 is 1.53 bits per heavy atom. The Bertz CT molecular complexity index is 286. The first-order valence-electron chi connectivity index (χ1n) is 3.20. The molecule has 0 spiro atoms. The standard InChI is InChI=1S/C6H3F7O2/c1-5(9,6(10,11)12)2(3(7)8)4(14)15-13/h1H3. The normalized spacial score (nSPS) is 15.5. The second-order valence-corrected chi connectivity index (χ2v) is 2.50. The van der Waals surface area contributed by atoms with Gasteiger partial charge in [0.25, 0.3) is 6.08 Å². The summed E-state index contributed by atoms with van der Waals surface area (Å²) in [5, 5.41) is 0. The molecule has 1 atom stereocenters. The monoisotopic (exact) mass is 240 g/mol. The van der Waals surface area contributed by atoms with Gasteiger partial charge in [-0.25, -0.2) is 14.1 Å². The van der Waals surface area contributed by atoms with E-state index < -0.39 is 29.5 Å². The summed E-state index contributed by atoms with van der Waals surface area (Å²) in [5.41, 5.74) is -7.40. The van der Waals surface area contributed by atoms with Crippen LogP contribution in [0.5, 0.6) is 0 Å². The van der Waals surface area contributed by atoms with E-state index in [0.29, 0.717) is 0 Å². The van der Waals surface area contributed by atoms with E-state index in [1.165, 1.54) is 0 Å². The third-order valence-electron chi connectivity index (χ3n) is 1.47. The molecule has 9 heteroatoms. The Kier molecular flexibility index (Phi) is 3.72. The minimum Gasteiger partial charge on any atom is -0.249 e. The van der Waals surface area contributed by atoms with E-state index in [0.717, 1.165) is 0 Å². The van der Waals surface area contributed by atoms with Crippen molar-refractivity contribution in [1.29, 1.82) is 0 Å². The van der Waals surface area contributed by atoms with Gasteiger partial charge in [-0.2, -0.15) is 22.0 Å². The molecule has 0 fully saturated rings. The second-order valence-electron chi connectivity index (χ2n) is 2.50. The van der Waals surface area contributed by atoms with Gasteiger partial charge >= 0.3 is 12.1 Å². The quantitative estimate of drug-likeness (QED) is 0.548. The van der Waals surface area contributed by atoms with Crippen LogP contribution in [0.3, 0.4) is 0 Å². The molecule has 88 valence electrons. The van der Waals surface area contributed by atoms with Crippen LogP contribution in [0.2, 0.25) is 0 Å². The van der Waals surface area contributed by atoms with E-state index in [2.05, 4.69) is 4.94 Å². The van der Waals surface area contributed by atoms with Gasteiger partial charge < -0.3 is 0 Å². The highest BCUT2D eigenvalue weighted by Crippen LogP contribution is 2.41. The number of alkyl halides is 4. The molecule has 0 rings (SSSR count). The summed E-state index contributed by atoms with van der Waals surface area (Å²) < 4.78 is 83.3. The molecule has 1 unspecified atom stereocenters. The summed E-state index contributed by atoms with van der Waals surface area (Å²) in [7, 11) is 0. The Balaban J connectivity index is 5.51. The molecule has 0 aliphatic rings. The van der Waals surface area contributed by atoms with Crippen molar-refractivity contribution in [3.63, 3.8) is 0 Å². The third-order valence-corrected chi connectivity index (χ3v) is 1.47. The zero-order valence-electron chi connectivity index (χ0n) is 6.96. The van der Waals surface area contributed by atoms with Crippen LogP contribution in [0, 0.1) is 0 Å². The topological polar surface area (TPSA) is 26.3 Å². The van der Waals surface area contributed by atoms with Gasteiger partial charge in [0.05, 0.1) is 0 Å². The van der Waals surface area contributed by atoms with Crippen molar-refractivity contribution < 1.29 is 40.6 Å². The molecular weight excluding hydrogens is 237 g/mol. The molecule has 0 N–H and O–H groups in total. The molecule has 0 aromatic heterocycles. The van der Waals surface area contributed by atoms with Crippen LogP contribution in [-0.4, -0.2) is 17.8 Å². The maximum absolute atomic E-state index is 12.8. The summed E-state index contributed by atoms with van der Waals surface area (Å²) in [5.74, 6) is -2.72. The van der Waals surface area contributed by atoms with Crippen LogP contribution in [0.4, 0.5) is 30.9 Å². The van der Waals surface area contributed by atoms with Crippen molar-refractivity contribution in [2.75, 3.05) is 0 Å². The lowest BCUT2D eigenvalue weighted by atomic mass is 9.98. The van der Waals surface area contributed by atoms with E-state index in [-0.39, 0.29) is 6.92 Å². The maximum atomic E-state index is 12.8. The lowest BCUT2D eigenvalue weighted by molar-refractivity contribution is -0.219. The van der Waals surface area contributed by atoms with Crippen molar-refractivity contribution in [2.24, 2.45) is 0 Å². The molecule has 0 aliphatic heterocycles. The van der Waals surface area contributed by atoms with Gasteiger partial charge in [0.15, 0.2) is 5.57 Å². The van der Waals surface area contributed by atoms with Gasteiger partial charge in [0, 0.05) is 4.53 Å². The van der Waals surface area contributed by atoms with Crippen molar-refractivity contribution in [1.82, 2.24) is 0 Å². The highest BCUT2D eigenvalue weighted by Gasteiger charge is 2.59. The molecule has 15 heavy (non-hydrogen) atoms. The van der Waals surface area contributed by atoms with Crippen LogP contribution in [0.15, 0.2) is 11.7 Å². The average molecular weight is 240 g/mol. The first-order valence-corrected chi connectivity index (χ1v) is 3.20. The smallest absolute Gasteiger partial charge is 0.249 e. The Morgan fingerprint density at radius 3 is 1.73 bits per heavy atom. The van der Waals surface area contributed by atoms with Crippen molar-refractivity contribution >= 4 is 5.97 Å². The van der Waals surface area contributed by atoms with Crippen LogP contribution < -0.4 is 0 Å². The van der Waals surface area contributed by atoms with Gasteiger partial charge in [-0.3, -0.25) is 0 Å². The number of carbonyl (C=O) groups excluding carboxylic acids is 1. The molecule has 0 radical (unpaired) electrons. The van der Waals surface area contributed by atoms with Crippen LogP contribution >= 0.6 is 0 Å². The molecule has 2 nitrogen and oxygen atoms in total. The zero-order chi connectivity index (χ0) is 12.4. The molecule has 0 aromatic rings. The van der Waals surface area contributed by atoms with Crippen LogP contribution in [-0.2, 0) is 9.74 Å². The molecule has 0 saturated carbocycles. The fourth-order valence-corrected chi connectivity index (χ4v) is 0.627. The van der Waals surface area contributed by atoms with Gasteiger partial charge in [-0.1, -0.05) is 0 Å². The van der Waals surface area contributed by atoms with Crippen molar-refractivity contribution in [2.45, 2.75) is 18.8 Å². The van der Waals surface area contributed by atoms with Crippen molar-refractivity contribution in [3.8, 4) is 0 Å². The van der Waals surface area contributed by atoms with E-state index in [1.807, 2.05) is 0 Å². The lowest BCUT2D eigenvalue weighted by Gasteiger charge is -2.23. The van der Waals surface area contributed by atoms with Gasteiger partial charge in [-0.05, 0) is 6.92 Å². The third kappa shape index (κ3) is 2.60. The van der Waals surface area contributed by atoms with Crippen LogP contribution in [0.1, 0.15) is 6.92 Å². The fourth-order valence-electron chi connectivity index (χ4n) is 0.627. The second kappa shape index (κ2) is 4.07. The first kappa shape index (κ1) is 13.7. The number of halogens is 7. The fraction of sp³-hybridized carbons (Fsp3) is 0.500. The first-order chi connectivity index (χ1) is 6.55. The Hall–Kier alpha value is -1.28. The molecule has 0 aromatic carbocycles. The average Bonchev–Trinajstić information content (AvgIpc) is 2.00. The molecular formula is C6H3F7O2. The Morgan fingerprint density at radius 1 is 1.13 bits per heavy atom.